The molecule has 0 spiro atoms. The molecule has 1 aromatic carbocycles. The van der Waals surface area contributed by atoms with Gasteiger partial charge in [-0.3, -0.25) is 4.79 Å². The highest BCUT2D eigenvalue weighted by Gasteiger charge is 2.23. The van der Waals surface area contributed by atoms with Crippen LogP contribution in [0.2, 0.25) is 0 Å². The first-order valence-electron chi connectivity index (χ1n) is 6.99. The van der Waals surface area contributed by atoms with Gasteiger partial charge in [-0.1, -0.05) is 30.3 Å². The Bertz CT molecular complexity index is 386. The van der Waals surface area contributed by atoms with Crippen LogP contribution in [0.4, 0.5) is 0 Å². The summed E-state index contributed by atoms with van der Waals surface area (Å²) in [6.45, 7) is 7.65. The summed E-state index contributed by atoms with van der Waals surface area (Å²) in [5, 5.41) is 12.9. The summed E-state index contributed by atoms with van der Waals surface area (Å²) in [6.07, 6.45) is 0.807. The minimum atomic E-state index is -0.318. The molecule has 112 valence electrons. The predicted molar refractivity (Wildman–Crippen MR) is 79.6 cm³/mol. The van der Waals surface area contributed by atoms with Gasteiger partial charge >= 0.3 is 0 Å². The molecule has 1 heterocycles. The lowest BCUT2D eigenvalue weighted by Gasteiger charge is -2.28. The highest BCUT2D eigenvalue weighted by atomic mass is 16.5. The third-order valence-corrected chi connectivity index (χ3v) is 3.08. The van der Waals surface area contributed by atoms with E-state index in [2.05, 4.69) is 22.2 Å². The molecule has 1 aliphatic heterocycles. The summed E-state index contributed by atoms with van der Waals surface area (Å²) in [7, 11) is 0. The topological polar surface area (TPSA) is 58.6 Å². The van der Waals surface area contributed by atoms with Gasteiger partial charge in [-0.05, 0) is 39.3 Å². The van der Waals surface area contributed by atoms with Crippen LogP contribution in [0.5, 0.6) is 0 Å². The maximum atomic E-state index is 9.76. The van der Waals surface area contributed by atoms with Crippen LogP contribution in [-0.2, 0) is 9.53 Å². The van der Waals surface area contributed by atoms with E-state index in [0.29, 0.717) is 12.4 Å². The van der Waals surface area contributed by atoms with Gasteiger partial charge in [-0.2, -0.15) is 0 Å². The van der Waals surface area contributed by atoms with Crippen LogP contribution < -0.4 is 5.32 Å². The first-order chi connectivity index (χ1) is 9.44. The van der Waals surface area contributed by atoms with E-state index in [1.54, 1.807) is 0 Å². The number of hydrogen-bond donors (Lipinski definition) is 2. The maximum absolute atomic E-state index is 9.76. The maximum Gasteiger partial charge on any atom is 0.293 e. The summed E-state index contributed by atoms with van der Waals surface area (Å²) >= 11 is 0. The number of rotatable bonds is 2. The molecule has 2 N–H and O–H groups in total. The van der Waals surface area contributed by atoms with Crippen LogP contribution in [0.25, 0.3) is 0 Å². The van der Waals surface area contributed by atoms with Crippen molar-refractivity contribution in [3.8, 4) is 0 Å². The first-order valence-corrected chi connectivity index (χ1v) is 6.99. The van der Waals surface area contributed by atoms with Crippen LogP contribution in [0.15, 0.2) is 30.3 Å². The second-order valence-corrected chi connectivity index (χ2v) is 5.90. The third kappa shape index (κ3) is 6.17. The molecule has 4 nitrogen and oxygen atoms in total. The van der Waals surface area contributed by atoms with Gasteiger partial charge < -0.3 is 15.2 Å². The summed E-state index contributed by atoms with van der Waals surface area (Å²) in [5.74, 6) is 0.322. The third-order valence-electron chi connectivity index (χ3n) is 3.08. The number of aliphatic hydroxyl groups excluding tert-OH is 1. The normalized spacial score (nSPS) is 22.4. The van der Waals surface area contributed by atoms with Crippen LogP contribution in [0.3, 0.4) is 0 Å². The second-order valence-electron chi connectivity index (χ2n) is 5.90. The van der Waals surface area contributed by atoms with Gasteiger partial charge in [0.15, 0.2) is 0 Å². The largest absolute Gasteiger partial charge is 0.462 e. The van der Waals surface area contributed by atoms with Crippen LogP contribution in [0.1, 0.15) is 38.7 Å². The molecule has 4 heteroatoms. The number of piperidine rings is 1. The molecule has 0 aromatic heterocycles. The van der Waals surface area contributed by atoms with Gasteiger partial charge in [-0.25, -0.2) is 0 Å². The molecule has 1 aliphatic rings. The van der Waals surface area contributed by atoms with Gasteiger partial charge in [0.25, 0.3) is 6.47 Å². The summed E-state index contributed by atoms with van der Waals surface area (Å²) in [4.78, 5) is 9.60. The Labute approximate surface area is 121 Å². The molecule has 1 saturated heterocycles. The number of ether oxygens (including phenoxy) is 1. The Balaban J connectivity index is 0.000000246. The molecule has 1 aromatic rings. The fourth-order valence-electron chi connectivity index (χ4n) is 2.08. The molecule has 20 heavy (non-hydrogen) atoms. The number of nitrogens with one attached hydrogen (secondary N) is 1. The monoisotopic (exact) mass is 279 g/mol. The van der Waals surface area contributed by atoms with E-state index in [9.17, 15) is 9.90 Å². The summed E-state index contributed by atoms with van der Waals surface area (Å²) < 4.78 is 4.55. The quantitative estimate of drug-likeness (QED) is 0.814. The van der Waals surface area contributed by atoms with Gasteiger partial charge in [0, 0.05) is 12.5 Å². The van der Waals surface area contributed by atoms with Crippen LogP contribution >= 0.6 is 0 Å². The second kappa shape index (κ2) is 8.02. The fraction of sp³-hybridized carbons (Fsp3) is 0.562. The van der Waals surface area contributed by atoms with E-state index in [0.717, 1.165) is 19.5 Å². The van der Waals surface area contributed by atoms with Gasteiger partial charge in [-0.15, -0.1) is 0 Å². The summed E-state index contributed by atoms with van der Waals surface area (Å²) in [5.41, 5.74) is 0.943. The number of aliphatic hydroxyl groups is 1. The first kappa shape index (κ1) is 16.7. The number of hydrogen-bond acceptors (Lipinski definition) is 4. The Morgan fingerprint density at radius 3 is 2.40 bits per heavy atom. The average molecular weight is 279 g/mol. The fourth-order valence-corrected chi connectivity index (χ4v) is 2.08. The molecule has 2 atom stereocenters. The van der Waals surface area contributed by atoms with Crippen LogP contribution in [-0.4, -0.2) is 36.4 Å². The zero-order valence-electron chi connectivity index (χ0n) is 12.5. The summed E-state index contributed by atoms with van der Waals surface area (Å²) in [6, 6.07) is 10.3. The molecule has 0 bridgehead atoms. The van der Waals surface area contributed by atoms with E-state index >= 15 is 0 Å². The van der Waals surface area contributed by atoms with E-state index in [1.807, 2.05) is 39.0 Å². The number of carbonyl (C=O) groups excluding carboxylic acids is 1. The van der Waals surface area contributed by atoms with Crippen molar-refractivity contribution in [2.75, 3.05) is 13.1 Å². The molecule has 0 saturated carbocycles. The number of β-amino-alcohol motifs (C(OH)–C–C–N with tert-alkyl or cyclic N) is 1. The molecule has 1 fully saturated rings. The highest BCUT2D eigenvalue weighted by molar-refractivity contribution is 5.37. The van der Waals surface area contributed by atoms with Crippen molar-refractivity contribution in [1.82, 2.24) is 5.32 Å². The van der Waals surface area contributed by atoms with Gasteiger partial charge in [0.05, 0.1) is 6.10 Å². The lowest BCUT2D eigenvalue weighted by atomic mass is 9.88. The lowest BCUT2D eigenvalue weighted by molar-refractivity contribution is -0.138. The molecule has 0 aliphatic carbocycles. The number of benzene rings is 1. The van der Waals surface area contributed by atoms with E-state index in [-0.39, 0.29) is 11.7 Å². The predicted octanol–water partition coefficient (Wildman–Crippen LogP) is 2.08. The highest BCUT2D eigenvalue weighted by Crippen LogP contribution is 2.24. The van der Waals surface area contributed by atoms with Crippen molar-refractivity contribution in [2.24, 2.45) is 0 Å². The Morgan fingerprint density at radius 2 is 1.95 bits per heavy atom. The minimum absolute atomic E-state index is 0.226. The van der Waals surface area contributed by atoms with Crippen molar-refractivity contribution in [1.29, 1.82) is 0 Å². The molecule has 2 unspecified atom stereocenters. The standard InChI is InChI=1S/C11H15NO.C5H10O2/c13-11-8-12-7-6-10(11)9-4-2-1-3-5-9;1-5(2,3)7-4-6/h1-5,10-13H,6-8H2;4H,1-3H3. The van der Waals surface area contributed by atoms with Crippen molar-refractivity contribution in [3.05, 3.63) is 35.9 Å². The molecular formula is C16H25NO3. The molecule has 2 rings (SSSR count). The van der Waals surface area contributed by atoms with E-state index in [4.69, 9.17) is 0 Å². The van der Waals surface area contributed by atoms with Crippen LogP contribution in [0, 0.1) is 0 Å². The van der Waals surface area contributed by atoms with E-state index < -0.39 is 0 Å². The smallest absolute Gasteiger partial charge is 0.293 e. The lowest BCUT2D eigenvalue weighted by Crippen LogP contribution is -2.39. The molecular weight excluding hydrogens is 254 g/mol. The van der Waals surface area contributed by atoms with Crippen molar-refractivity contribution in [3.63, 3.8) is 0 Å². The Kier molecular flexibility index (Phi) is 6.68. The Morgan fingerprint density at radius 1 is 1.30 bits per heavy atom. The van der Waals surface area contributed by atoms with Crippen molar-refractivity contribution in [2.45, 2.75) is 44.8 Å². The van der Waals surface area contributed by atoms with E-state index in [1.165, 1.54) is 5.56 Å². The SMILES string of the molecule is CC(C)(C)OC=O.OC1CNCCC1c1ccccc1. The minimum Gasteiger partial charge on any atom is -0.462 e. The van der Waals surface area contributed by atoms with Crippen molar-refractivity contribution >= 4 is 6.47 Å². The van der Waals surface area contributed by atoms with Gasteiger partial charge in [0.1, 0.15) is 5.60 Å². The zero-order chi connectivity index (χ0) is 15.0. The number of carbonyl (C=O) groups is 1. The zero-order valence-corrected chi connectivity index (χ0v) is 12.5. The average Bonchev–Trinajstić information content (AvgIpc) is 2.40. The van der Waals surface area contributed by atoms with Gasteiger partial charge in [0.2, 0.25) is 0 Å². The molecule has 0 amide bonds. The molecule has 0 radical (unpaired) electrons. The van der Waals surface area contributed by atoms with Crippen molar-refractivity contribution < 1.29 is 14.6 Å². The Hall–Kier alpha value is -1.39.